The van der Waals surface area contributed by atoms with Crippen LogP contribution >= 0.6 is 0 Å². The number of aromatic amines is 1. The Morgan fingerprint density at radius 2 is 1.70 bits per heavy atom. The summed E-state index contributed by atoms with van der Waals surface area (Å²) >= 11 is 0. The number of carbonyl (C=O) groups is 1. The van der Waals surface area contributed by atoms with E-state index in [4.69, 9.17) is 4.74 Å². The topological polar surface area (TPSA) is 45.3 Å². The molecule has 0 aliphatic heterocycles. The zero-order chi connectivity index (χ0) is 14.9. The van der Waals surface area contributed by atoms with E-state index in [2.05, 4.69) is 4.98 Å². The minimum absolute atomic E-state index is 0.307. The highest BCUT2D eigenvalue weighted by atomic mass is 16.5. The Morgan fingerprint density at radius 1 is 1.10 bits per heavy atom. The number of rotatable bonds is 3. The van der Waals surface area contributed by atoms with Gasteiger partial charge < -0.3 is 14.6 Å². The molecule has 0 atom stereocenters. The molecule has 1 heterocycles. The van der Waals surface area contributed by atoms with E-state index < -0.39 is 0 Å². The number of aryl methyl sites for hydroxylation is 2. The van der Waals surface area contributed by atoms with Crippen molar-refractivity contribution in [2.45, 2.75) is 13.8 Å². The molecule has 0 aliphatic rings. The molecule has 0 aliphatic carbocycles. The third-order valence-electron chi connectivity index (χ3n) is 3.44. The van der Waals surface area contributed by atoms with Gasteiger partial charge in [0.05, 0.1) is 12.7 Å². The van der Waals surface area contributed by atoms with E-state index in [1.807, 2.05) is 57.1 Å². The molecule has 0 spiro atoms. The number of H-pyrrole nitrogens is 1. The maximum absolute atomic E-state index is 12.0. The van der Waals surface area contributed by atoms with Gasteiger partial charge in [-0.1, -0.05) is 12.1 Å². The van der Waals surface area contributed by atoms with E-state index in [0.29, 0.717) is 5.56 Å². The van der Waals surface area contributed by atoms with Gasteiger partial charge in [0.15, 0.2) is 0 Å². The van der Waals surface area contributed by atoms with Crippen molar-refractivity contribution in [3.63, 3.8) is 0 Å². The molecule has 20 heavy (non-hydrogen) atoms. The van der Waals surface area contributed by atoms with Gasteiger partial charge in [-0.05, 0) is 31.5 Å². The summed E-state index contributed by atoms with van der Waals surface area (Å²) in [5.41, 5.74) is 5.47. The number of esters is 1. The molecule has 0 amide bonds. The van der Waals surface area contributed by atoms with Crippen LogP contribution in [0.2, 0.25) is 0 Å². The maximum Gasteiger partial charge on any atom is 0.340 e. The first-order valence-corrected chi connectivity index (χ1v) is 6.51. The van der Waals surface area contributed by atoms with Crippen LogP contribution in [0.4, 0.5) is 5.69 Å². The lowest BCUT2D eigenvalue weighted by molar-refractivity contribution is 0.0601. The number of nitrogens with zero attached hydrogens (tertiary/aromatic N) is 1. The Morgan fingerprint density at radius 3 is 2.20 bits per heavy atom. The fourth-order valence-electron chi connectivity index (χ4n) is 2.43. The summed E-state index contributed by atoms with van der Waals surface area (Å²) in [6.45, 7) is 3.85. The fraction of sp³-hybridized carbons (Fsp3) is 0.312. The van der Waals surface area contributed by atoms with Crippen LogP contribution in [0.1, 0.15) is 21.7 Å². The van der Waals surface area contributed by atoms with Crippen LogP contribution in [0.3, 0.4) is 0 Å². The Hall–Kier alpha value is -2.23. The molecule has 4 nitrogen and oxygen atoms in total. The average molecular weight is 272 g/mol. The first-order chi connectivity index (χ1) is 9.45. The molecule has 0 fully saturated rings. The van der Waals surface area contributed by atoms with Crippen molar-refractivity contribution >= 4 is 11.7 Å². The Kier molecular flexibility index (Phi) is 3.84. The molecular weight excluding hydrogens is 252 g/mol. The van der Waals surface area contributed by atoms with Crippen LogP contribution in [0.25, 0.3) is 11.1 Å². The van der Waals surface area contributed by atoms with Gasteiger partial charge in [0.2, 0.25) is 0 Å². The van der Waals surface area contributed by atoms with Crippen LogP contribution in [0, 0.1) is 13.8 Å². The first kappa shape index (κ1) is 14.2. The standard InChI is InChI=1S/C16H20N2O2/c1-10-14(15(11(2)17-10)16(19)20-5)12-6-8-13(9-7-12)18(3)4/h6-9,17H,1-5H3. The molecule has 0 unspecified atom stereocenters. The molecular formula is C16H20N2O2. The zero-order valence-electron chi connectivity index (χ0n) is 12.6. The Bertz CT molecular complexity index is 625. The predicted octanol–water partition coefficient (Wildman–Crippen LogP) is 3.15. The number of carbonyl (C=O) groups excluding carboxylic acids is 1. The number of nitrogens with one attached hydrogen (secondary N) is 1. The number of methoxy groups -OCH3 is 1. The van der Waals surface area contributed by atoms with E-state index in [1.54, 1.807) is 0 Å². The highest BCUT2D eigenvalue weighted by molar-refractivity contribution is 5.99. The monoisotopic (exact) mass is 272 g/mol. The van der Waals surface area contributed by atoms with Crippen LogP contribution in [-0.4, -0.2) is 32.2 Å². The normalized spacial score (nSPS) is 10.4. The molecule has 0 saturated heterocycles. The first-order valence-electron chi connectivity index (χ1n) is 6.51. The van der Waals surface area contributed by atoms with E-state index >= 15 is 0 Å². The van der Waals surface area contributed by atoms with Crippen LogP contribution < -0.4 is 4.90 Å². The summed E-state index contributed by atoms with van der Waals surface area (Å²) in [5, 5.41) is 0. The van der Waals surface area contributed by atoms with E-state index in [1.165, 1.54) is 7.11 Å². The van der Waals surface area contributed by atoms with Crippen molar-refractivity contribution in [3.8, 4) is 11.1 Å². The zero-order valence-corrected chi connectivity index (χ0v) is 12.6. The summed E-state index contributed by atoms with van der Waals surface area (Å²) in [7, 11) is 5.41. The molecule has 0 bridgehead atoms. The second-order valence-corrected chi connectivity index (χ2v) is 5.06. The van der Waals surface area contributed by atoms with E-state index in [-0.39, 0.29) is 5.97 Å². The van der Waals surface area contributed by atoms with Gasteiger partial charge in [-0.15, -0.1) is 0 Å². The molecule has 1 aromatic heterocycles. The van der Waals surface area contributed by atoms with Crippen molar-refractivity contribution in [2.24, 2.45) is 0 Å². The number of benzene rings is 1. The number of anilines is 1. The van der Waals surface area contributed by atoms with Gasteiger partial charge in [-0.3, -0.25) is 0 Å². The molecule has 4 heteroatoms. The predicted molar refractivity (Wildman–Crippen MR) is 81.4 cm³/mol. The molecule has 1 aromatic carbocycles. The van der Waals surface area contributed by atoms with Gasteiger partial charge in [0.1, 0.15) is 0 Å². The summed E-state index contributed by atoms with van der Waals surface area (Å²) < 4.78 is 4.89. The fourth-order valence-corrected chi connectivity index (χ4v) is 2.43. The van der Waals surface area contributed by atoms with Crippen molar-refractivity contribution in [1.82, 2.24) is 4.98 Å². The minimum atomic E-state index is -0.307. The van der Waals surface area contributed by atoms with Crippen LogP contribution in [0.15, 0.2) is 24.3 Å². The Balaban J connectivity index is 2.54. The molecule has 106 valence electrons. The molecule has 2 aromatic rings. The maximum atomic E-state index is 12.0. The molecule has 2 rings (SSSR count). The molecule has 0 saturated carbocycles. The van der Waals surface area contributed by atoms with E-state index in [9.17, 15) is 4.79 Å². The van der Waals surface area contributed by atoms with Crippen molar-refractivity contribution < 1.29 is 9.53 Å². The second-order valence-electron chi connectivity index (χ2n) is 5.06. The van der Waals surface area contributed by atoms with Gasteiger partial charge >= 0.3 is 5.97 Å². The molecule has 1 N–H and O–H groups in total. The van der Waals surface area contributed by atoms with Crippen molar-refractivity contribution in [2.75, 3.05) is 26.1 Å². The highest BCUT2D eigenvalue weighted by Crippen LogP contribution is 2.31. The SMILES string of the molecule is COC(=O)c1c(C)[nH]c(C)c1-c1ccc(N(C)C)cc1. The smallest absolute Gasteiger partial charge is 0.340 e. The summed E-state index contributed by atoms with van der Waals surface area (Å²) in [4.78, 5) is 17.2. The van der Waals surface area contributed by atoms with Crippen molar-refractivity contribution in [1.29, 1.82) is 0 Å². The van der Waals surface area contributed by atoms with Gasteiger partial charge in [0.25, 0.3) is 0 Å². The number of ether oxygens (including phenoxy) is 1. The van der Waals surface area contributed by atoms with Gasteiger partial charge in [-0.2, -0.15) is 0 Å². The third kappa shape index (κ3) is 2.41. The average Bonchev–Trinajstić information content (AvgIpc) is 2.72. The van der Waals surface area contributed by atoms with E-state index in [0.717, 1.165) is 28.2 Å². The third-order valence-corrected chi connectivity index (χ3v) is 3.44. The largest absolute Gasteiger partial charge is 0.465 e. The lowest BCUT2D eigenvalue weighted by Crippen LogP contribution is -2.08. The lowest BCUT2D eigenvalue weighted by Gasteiger charge is -2.13. The minimum Gasteiger partial charge on any atom is -0.465 e. The molecule has 0 radical (unpaired) electrons. The quantitative estimate of drug-likeness (QED) is 0.873. The van der Waals surface area contributed by atoms with Gasteiger partial charge in [-0.25, -0.2) is 4.79 Å². The number of aromatic nitrogens is 1. The summed E-state index contributed by atoms with van der Waals surface area (Å²) in [6.07, 6.45) is 0. The summed E-state index contributed by atoms with van der Waals surface area (Å²) in [5.74, 6) is -0.307. The second kappa shape index (κ2) is 5.41. The number of hydrogen-bond acceptors (Lipinski definition) is 3. The Labute approximate surface area is 119 Å². The summed E-state index contributed by atoms with van der Waals surface area (Å²) in [6, 6.07) is 8.13. The van der Waals surface area contributed by atoms with Crippen molar-refractivity contribution in [3.05, 3.63) is 41.2 Å². The highest BCUT2D eigenvalue weighted by Gasteiger charge is 2.20. The van der Waals surface area contributed by atoms with Gasteiger partial charge in [0, 0.05) is 36.7 Å². The number of hydrogen-bond donors (Lipinski definition) is 1. The van der Waals surface area contributed by atoms with Crippen LogP contribution in [-0.2, 0) is 4.74 Å². The van der Waals surface area contributed by atoms with Crippen LogP contribution in [0.5, 0.6) is 0 Å². The lowest BCUT2D eigenvalue weighted by atomic mass is 10.00.